The van der Waals surface area contributed by atoms with Gasteiger partial charge in [-0.1, -0.05) is 0 Å². The van der Waals surface area contributed by atoms with Crippen LogP contribution in [0.4, 0.5) is 5.69 Å². The first-order valence-electron chi connectivity index (χ1n) is 6.31. The number of carbonyl (C=O) groups is 2. The highest BCUT2D eigenvalue weighted by Gasteiger charge is 2.25. The molecule has 1 aromatic rings. The second-order valence-electron chi connectivity index (χ2n) is 4.87. The summed E-state index contributed by atoms with van der Waals surface area (Å²) in [6.45, 7) is 2.99. The number of Topliss-reactive ketones (excluding diaryl/α,β-unsaturated/α-hetero) is 1. The van der Waals surface area contributed by atoms with Gasteiger partial charge in [-0.05, 0) is 6.42 Å². The van der Waals surface area contributed by atoms with Crippen molar-refractivity contribution in [2.75, 3.05) is 19.6 Å². The Labute approximate surface area is 115 Å². The smallest absolute Gasteiger partial charge is 0.287 e. The van der Waals surface area contributed by atoms with Crippen LogP contribution in [0.1, 0.15) is 23.8 Å². The fourth-order valence-electron chi connectivity index (χ4n) is 2.32. The van der Waals surface area contributed by atoms with Crippen LogP contribution in [0, 0.1) is 10.1 Å². The van der Waals surface area contributed by atoms with Crippen LogP contribution in [0.3, 0.4) is 0 Å². The number of amides is 1. The summed E-state index contributed by atoms with van der Waals surface area (Å²) in [6.07, 6.45) is 2.01. The number of nitrogens with one attached hydrogen (secondary N) is 2. The molecule has 1 aliphatic heterocycles. The fourth-order valence-corrected chi connectivity index (χ4v) is 2.32. The van der Waals surface area contributed by atoms with Crippen molar-refractivity contribution in [3.63, 3.8) is 0 Å². The Morgan fingerprint density at radius 3 is 2.95 bits per heavy atom. The van der Waals surface area contributed by atoms with E-state index in [9.17, 15) is 19.7 Å². The standard InChI is InChI=1S/C12H16N4O4/c1-8(17)14-9-2-3-15(6-9)7-12(18)11-4-10(5-13-11)16(19)20/h4-5,9,13H,2-3,6-7H2,1H3,(H,14,17). The molecule has 8 heteroatoms. The van der Waals surface area contributed by atoms with E-state index in [1.807, 2.05) is 4.90 Å². The largest absolute Gasteiger partial charge is 0.353 e. The highest BCUT2D eigenvalue weighted by molar-refractivity contribution is 5.96. The summed E-state index contributed by atoms with van der Waals surface area (Å²) < 4.78 is 0. The lowest BCUT2D eigenvalue weighted by Gasteiger charge is -2.14. The van der Waals surface area contributed by atoms with Crippen molar-refractivity contribution >= 4 is 17.4 Å². The Morgan fingerprint density at radius 2 is 2.35 bits per heavy atom. The molecule has 2 rings (SSSR count). The Balaban J connectivity index is 1.88. The average Bonchev–Trinajstić information content (AvgIpc) is 2.97. The normalized spacial score (nSPS) is 18.9. The number of ketones is 1. The molecule has 20 heavy (non-hydrogen) atoms. The van der Waals surface area contributed by atoms with Crippen molar-refractivity contribution in [2.24, 2.45) is 0 Å². The van der Waals surface area contributed by atoms with Crippen LogP contribution < -0.4 is 5.32 Å². The molecule has 1 fully saturated rings. The molecule has 1 atom stereocenters. The van der Waals surface area contributed by atoms with Gasteiger partial charge in [0.2, 0.25) is 5.91 Å². The molecule has 0 saturated carbocycles. The van der Waals surface area contributed by atoms with E-state index in [1.54, 1.807) is 0 Å². The number of nitro groups is 1. The molecule has 2 heterocycles. The highest BCUT2D eigenvalue weighted by atomic mass is 16.6. The monoisotopic (exact) mass is 280 g/mol. The maximum Gasteiger partial charge on any atom is 0.287 e. The number of hydrogen-bond donors (Lipinski definition) is 2. The van der Waals surface area contributed by atoms with Crippen molar-refractivity contribution < 1.29 is 14.5 Å². The second-order valence-corrected chi connectivity index (χ2v) is 4.87. The molecule has 0 bridgehead atoms. The minimum absolute atomic E-state index is 0.0678. The summed E-state index contributed by atoms with van der Waals surface area (Å²) in [6, 6.07) is 1.31. The van der Waals surface area contributed by atoms with Crippen LogP contribution in [-0.4, -0.2) is 52.2 Å². The predicted molar refractivity (Wildman–Crippen MR) is 70.4 cm³/mol. The molecule has 0 spiro atoms. The van der Waals surface area contributed by atoms with Gasteiger partial charge < -0.3 is 10.3 Å². The van der Waals surface area contributed by atoms with E-state index in [4.69, 9.17) is 0 Å². The van der Waals surface area contributed by atoms with E-state index in [0.717, 1.165) is 13.0 Å². The first-order valence-corrected chi connectivity index (χ1v) is 6.31. The molecule has 0 radical (unpaired) electrons. The lowest BCUT2D eigenvalue weighted by molar-refractivity contribution is -0.384. The third-order valence-corrected chi connectivity index (χ3v) is 3.23. The van der Waals surface area contributed by atoms with Crippen LogP contribution >= 0.6 is 0 Å². The summed E-state index contributed by atoms with van der Waals surface area (Å²) in [5.41, 5.74) is 0.116. The number of aromatic amines is 1. The average molecular weight is 280 g/mol. The predicted octanol–water partition coefficient (Wildman–Crippen LogP) is 0.316. The number of H-pyrrole nitrogens is 1. The SMILES string of the molecule is CC(=O)NC1CCN(CC(=O)c2cc([N+](=O)[O-])c[nH]2)C1. The Bertz CT molecular complexity index is 539. The Morgan fingerprint density at radius 1 is 1.60 bits per heavy atom. The maximum absolute atomic E-state index is 12.0. The van der Waals surface area contributed by atoms with Gasteiger partial charge in [0, 0.05) is 32.1 Å². The minimum atomic E-state index is -0.546. The third kappa shape index (κ3) is 3.41. The second kappa shape index (κ2) is 5.83. The number of rotatable bonds is 5. The molecule has 0 aromatic carbocycles. The summed E-state index contributed by atoms with van der Waals surface area (Å²) in [5.74, 6) is -0.273. The van der Waals surface area contributed by atoms with Crippen LogP contribution in [0.2, 0.25) is 0 Å². The molecular formula is C12H16N4O4. The van der Waals surface area contributed by atoms with Gasteiger partial charge in [-0.15, -0.1) is 0 Å². The third-order valence-electron chi connectivity index (χ3n) is 3.23. The summed E-state index contributed by atoms with van der Waals surface area (Å²) in [5, 5.41) is 13.4. The molecule has 1 amide bonds. The van der Waals surface area contributed by atoms with Crippen molar-refractivity contribution in [3.05, 3.63) is 28.1 Å². The van der Waals surface area contributed by atoms with E-state index in [-0.39, 0.29) is 35.7 Å². The topological polar surface area (TPSA) is 108 Å². The molecule has 2 N–H and O–H groups in total. The fraction of sp³-hybridized carbons (Fsp3) is 0.500. The number of nitrogens with zero attached hydrogens (tertiary/aromatic N) is 2. The molecule has 108 valence electrons. The van der Waals surface area contributed by atoms with E-state index in [2.05, 4.69) is 10.3 Å². The van der Waals surface area contributed by atoms with Crippen LogP contribution in [0.15, 0.2) is 12.3 Å². The first kappa shape index (κ1) is 14.2. The number of carbonyl (C=O) groups excluding carboxylic acids is 2. The van der Waals surface area contributed by atoms with Crippen LogP contribution in [0.5, 0.6) is 0 Å². The quantitative estimate of drug-likeness (QED) is 0.458. The van der Waals surface area contributed by atoms with Crippen molar-refractivity contribution in [2.45, 2.75) is 19.4 Å². The van der Waals surface area contributed by atoms with E-state index >= 15 is 0 Å². The lowest BCUT2D eigenvalue weighted by Crippen LogP contribution is -2.36. The Kier molecular flexibility index (Phi) is 4.14. The van der Waals surface area contributed by atoms with Gasteiger partial charge in [0.15, 0.2) is 5.78 Å². The molecule has 0 aliphatic carbocycles. The molecule has 1 unspecified atom stereocenters. The van der Waals surface area contributed by atoms with Crippen LogP contribution in [-0.2, 0) is 4.79 Å². The molecular weight excluding hydrogens is 264 g/mol. The van der Waals surface area contributed by atoms with Gasteiger partial charge in [0.25, 0.3) is 5.69 Å². The number of aromatic nitrogens is 1. The zero-order valence-electron chi connectivity index (χ0n) is 11.1. The van der Waals surface area contributed by atoms with Gasteiger partial charge in [0.1, 0.15) is 0 Å². The maximum atomic E-state index is 12.0. The van der Waals surface area contributed by atoms with E-state index in [1.165, 1.54) is 19.2 Å². The summed E-state index contributed by atoms with van der Waals surface area (Å²) in [4.78, 5) is 37.5. The molecule has 1 aliphatic rings. The van der Waals surface area contributed by atoms with Crippen molar-refractivity contribution in [1.29, 1.82) is 0 Å². The van der Waals surface area contributed by atoms with E-state index in [0.29, 0.717) is 6.54 Å². The number of likely N-dealkylation sites (tertiary alicyclic amines) is 1. The van der Waals surface area contributed by atoms with Gasteiger partial charge in [-0.25, -0.2) is 0 Å². The molecule has 8 nitrogen and oxygen atoms in total. The zero-order chi connectivity index (χ0) is 14.7. The number of hydrogen-bond acceptors (Lipinski definition) is 5. The first-order chi connectivity index (χ1) is 9.45. The summed E-state index contributed by atoms with van der Waals surface area (Å²) >= 11 is 0. The van der Waals surface area contributed by atoms with Gasteiger partial charge in [-0.2, -0.15) is 0 Å². The lowest BCUT2D eigenvalue weighted by atomic mass is 10.2. The molecule has 1 saturated heterocycles. The molecule has 1 aromatic heterocycles. The van der Waals surface area contributed by atoms with Gasteiger partial charge in [-0.3, -0.25) is 24.6 Å². The highest BCUT2D eigenvalue weighted by Crippen LogP contribution is 2.14. The van der Waals surface area contributed by atoms with Crippen molar-refractivity contribution in [1.82, 2.24) is 15.2 Å². The van der Waals surface area contributed by atoms with Crippen LogP contribution in [0.25, 0.3) is 0 Å². The Hall–Kier alpha value is -2.22. The van der Waals surface area contributed by atoms with Crippen molar-refractivity contribution in [3.8, 4) is 0 Å². The summed E-state index contributed by atoms with van der Waals surface area (Å²) in [7, 11) is 0. The van der Waals surface area contributed by atoms with Gasteiger partial charge >= 0.3 is 0 Å². The zero-order valence-corrected chi connectivity index (χ0v) is 11.1. The minimum Gasteiger partial charge on any atom is -0.353 e. The van der Waals surface area contributed by atoms with Gasteiger partial charge in [0.05, 0.1) is 23.4 Å². The van der Waals surface area contributed by atoms with E-state index < -0.39 is 4.92 Å².